The molecule has 2 aromatic rings. The summed E-state index contributed by atoms with van der Waals surface area (Å²) >= 11 is 5.55. The quantitative estimate of drug-likeness (QED) is 0.807. The van der Waals surface area contributed by atoms with Gasteiger partial charge in [-0.15, -0.1) is 0 Å². The van der Waals surface area contributed by atoms with Crippen LogP contribution in [0.15, 0.2) is 36.4 Å². The topological polar surface area (TPSA) is 41.1 Å². The highest BCUT2D eigenvalue weighted by Gasteiger charge is 2.33. The SMILES string of the molecule is Cc1ccc(NC(=O)CNc2ccc(Cl)c(C(F)(F)F)c2)cc1C. The minimum Gasteiger partial charge on any atom is -0.376 e. The molecule has 0 aromatic heterocycles. The van der Waals surface area contributed by atoms with E-state index in [1.165, 1.54) is 6.07 Å². The zero-order chi connectivity index (χ0) is 17.9. The monoisotopic (exact) mass is 356 g/mol. The molecule has 2 rings (SSSR count). The van der Waals surface area contributed by atoms with Crippen LogP contribution < -0.4 is 10.6 Å². The minimum absolute atomic E-state index is 0.161. The van der Waals surface area contributed by atoms with E-state index in [1.807, 2.05) is 26.0 Å². The highest BCUT2D eigenvalue weighted by Crippen LogP contribution is 2.36. The normalized spacial score (nSPS) is 11.2. The van der Waals surface area contributed by atoms with Crippen LogP contribution in [0.2, 0.25) is 5.02 Å². The fourth-order valence-corrected chi connectivity index (χ4v) is 2.28. The van der Waals surface area contributed by atoms with Crippen molar-refractivity contribution in [2.75, 3.05) is 17.2 Å². The lowest BCUT2D eigenvalue weighted by Crippen LogP contribution is -2.22. The van der Waals surface area contributed by atoms with Crippen LogP contribution in [0.5, 0.6) is 0 Å². The Hall–Kier alpha value is -2.21. The average Bonchev–Trinajstić information content (AvgIpc) is 2.49. The van der Waals surface area contributed by atoms with Gasteiger partial charge in [0.15, 0.2) is 0 Å². The van der Waals surface area contributed by atoms with Crippen LogP contribution in [-0.2, 0) is 11.0 Å². The summed E-state index contributed by atoms with van der Waals surface area (Å²) < 4.78 is 38.4. The fourth-order valence-electron chi connectivity index (χ4n) is 2.06. The first-order valence-electron chi connectivity index (χ1n) is 7.14. The molecule has 0 saturated carbocycles. The summed E-state index contributed by atoms with van der Waals surface area (Å²) in [5, 5.41) is 4.96. The van der Waals surface area contributed by atoms with E-state index in [2.05, 4.69) is 10.6 Å². The number of halogens is 4. The number of carbonyl (C=O) groups is 1. The Kier molecular flexibility index (Phi) is 5.39. The minimum atomic E-state index is -4.55. The van der Waals surface area contributed by atoms with Crippen LogP contribution in [0.4, 0.5) is 24.5 Å². The van der Waals surface area contributed by atoms with E-state index in [0.717, 1.165) is 23.3 Å². The summed E-state index contributed by atoms with van der Waals surface area (Å²) in [4.78, 5) is 11.9. The first kappa shape index (κ1) is 18.1. The lowest BCUT2D eigenvalue weighted by molar-refractivity contribution is -0.137. The Morgan fingerprint density at radius 3 is 2.33 bits per heavy atom. The van der Waals surface area contributed by atoms with Gasteiger partial charge in [0.2, 0.25) is 5.91 Å². The molecule has 0 aliphatic heterocycles. The van der Waals surface area contributed by atoms with E-state index in [1.54, 1.807) is 6.07 Å². The molecule has 0 fully saturated rings. The van der Waals surface area contributed by atoms with Crippen LogP contribution in [0, 0.1) is 13.8 Å². The highest BCUT2D eigenvalue weighted by molar-refractivity contribution is 6.31. The van der Waals surface area contributed by atoms with Gasteiger partial charge in [-0.2, -0.15) is 13.2 Å². The van der Waals surface area contributed by atoms with Gasteiger partial charge in [0.25, 0.3) is 0 Å². The van der Waals surface area contributed by atoms with Crippen LogP contribution in [0.1, 0.15) is 16.7 Å². The molecular weight excluding hydrogens is 341 g/mol. The summed E-state index contributed by atoms with van der Waals surface area (Å²) in [5.74, 6) is -0.359. The molecule has 7 heteroatoms. The van der Waals surface area contributed by atoms with Crippen LogP contribution in [-0.4, -0.2) is 12.5 Å². The molecule has 0 heterocycles. The third-order valence-electron chi connectivity index (χ3n) is 3.52. The molecule has 24 heavy (non-hydrogen) atoms. The van der Waals surface area contributed by atoms with Crippen molar-refractivity contribution < 1.29 is 18.0 Å². The molecule has 2 N–H and O–H groups in total. The second-order valence-corrected chi connectivity index (χ2v) is 5.80. The van der Waals surface area contributed by atoms with E-state index in [4.69, 9.17) is 11.6 Å². The predicted octanol–water partition coefficient (Wildman–Crippen LogP) is 5.03. The molecule has 0 atom stereocenters. The van der Waals surface area contributed by atoms with Gasteiger partial charge in [0.1, 0.15) is 0 Å². The van der Waals surface area contributed by atoms with E-state index >= 15 is 0 Å². The molecule has 2 aromatic carbocycles. The zero-order valence-corrected chi connectivity index (χ0v) is 13.8. The lowest BCUT2D eigenvalue weighted by Gasteiger charge is -2.13. The second-order valence-electron chi connectivity index (χ2n) is 5.39. The summed E-state index contributed by atoms with van der Waals surface area (Å²) in [7, 11) is 0. The van der Waals surface area contributed by atoms with Gasteiger partial charge in [-0.05, 0) is 55.3 Å². The van der Waals surface area contributed by atoms with Crippen molar-refractivity contribution in [3.8, 4) is 0 Å². The predicted molar refractivity (Wildman–Crippen MR) is 89.5 cm³/mol. The number of alkyl halides is 3. The number of amides is 1. The third-order valence-corrected chi connectivity index (χ3v) is 3.85. The molecule has 0 bridgehead atoms. The van der Waals surface area contributed by atoms with E-state index in [-0.39, 0.29) is 23.2 Å². The molecule has 0 aliphatic carbocycles. The molecule has 3 nitrogen and oxygen atoms in total. The lowest BCUT2D eigenvalue weighted by atomic mass is 10.1. The number of hydrogen-bond donors (Lipinski definition) is 2. The maximum absolute atomic E-state index is 12.8. The number of nitrogens with one attached hydrogen (secondary N) is 2. The van der Waals surface area contributed by atoms with Crippen molar-refractivity contribution in [1.29, 1.82) is 0 Å². The number of aryl methyl sites for hydroxylation is 2. The summed E-state index contributed by atoms with van der Waals surface area (Å²) in [5.41, 5.74) is 2.00. The van der Waals surface area contributed by atoms with Gasteiger partial charge in [-0.3, -0.25) is 4.79 Å². The van der Waals surface area contributed by atoms with Crippen molar-refractivity contribution in [3.63, 3.8) is 0 Å². The van der Waals surface area contributed by atoms with Crippen molar-refractivity contribution in [3.05, 3.63) is 58.1 Å². The van der Waals surface area contributed by atoms with Crippen LogP contribution in [0.3, 0.4) is 0 Å². The van der Waals surface area contributed by atoms with Crippen molar-refractivity contribution in [2.45, 2.75) is 20.0 Å². The summed E-state index contributed by atoms with van der Waals surface area (Å²) in [6.07, 6.45) is -4.55. The molecular formula is C17H16ClF3N2O. The van der Waals surface area contributed by atoms with Crippen molar-refractivity contribution in [1.82, 2.24) is 0 Å². The Morgan fingerprint density at radius 1 is 1.04 bits per heavy atom. The summed E-state index contributed by atoms with van der Waals surface area (Å²) in [6, 6.07) is 8.90. The maximum Gasteiger partial charge on any atom is 0.417 e. The Balaban J connectivity index is 2.00. The Labute approximate surface area is 142 Å². The highest BCUT2D eigenvalue weighted by atomic mass is 35.5. The molecule has 128 valence electrons. The van der Waals surface area contributed by atoms with Gasteiger partial charge >= 0.3 is 6.18 Å². The average molecular weight is 357 g/mol. The number of benzene rings is 2. The molecule has 0 radical (unpaired) electrons. The zero-order valence-electron chi connectivity index (χ0n) is 13.1. The van der Waals surface area contributed by atoms with Gasteiger partial charge in [0, 0.05) is 11.4 Å². The fraction of sp³-hybridized carbons (Fsp3) is 0.235. The first-order chi connectivity index (χ1) is 11.2. The largest absolute Gasteiger partial charge is 0.417 e. The van der Waals surface area contributed by atoms with E-state index in [9.17, 15) is 18.0 Å². The number of hydrogen-bond acceptors (Lipinski definition) is 2. The Bertz CT molecular complexity index is 760. The molecule has 0 saturated heterocycles. The number of anilines is 2. The van der Waals surface area contributed by atoms with E-state index < -0.39 is 11.7 Å². The number of rotatable bonds is 4. The molecule has 0 unspecified atom stereocenters. The first-order valence-corrected chi connectivity index (χ1v) is 7.52. The van der Waals surface area contributed by atoms with E-state index in [0.29, 0.717) is 5.69 Å². The smallest absolute Gasteiger partial charge is 0.376 e. The van der Waals surface area contributed by atoms with Crippen molar-refractivity contribution in [2.24, 2.45) is 0 Å². The van der Waals surface area contributed by atoms with Gasteiger partial charge in [0.05, 0.1) is 17.1 Å². The van der Waals surface area contributed by atoms with Gasteiger partial charge < -0.3 is 10.6 Å². The molecule has 0 aliphatic rings. The van der Waals surface area contributed by atoms with Crippen LogP contribution >= 0.6 is 11.6 Å². The molecule has 1 amide bonds. The Morgan fingerprint density at radius 2 is 1.71 bits per heavy atom. The van der Waals surface area contributed by atoms with Gasteiger partial charge in [-0.25, -0.2) is 0 Å². The van der Waals surface area contributed by atoms with Crippen molar-refractivity contribution >= 4 is 28.9 Å². The number of carbonyl (C=O) groups excluding carboxylic acids is 1. The maximum atomic E-state index is 12.8. The summed E-state index contributed by atoms with van der Waals surface area (Å²) in [6.45, 7) is 3.72. The molecule has 0 spiro atoms. The second kappa shape index (κ2) is 7.13. The van der Waals surface area contributed by atoms with Crippen LogP contribution in [0.25, 0.3) is 0 Å². The standard InChI is InChI=1S/C17H16ClF3N2O/c1-10-3-4-13(7-11(10)2)23-16(24)9-22-12-5-6-15(18)14(8-12)17(19,20)21/h3-8,22H,9H2,1-2H3,(H,23,24). The third kappa shape index (κ3) is 4.64. The van der Waals surface area contributed by atoms with Gasteiger partial charge in [-0.1, -0.05) is 17.7 Å².